The Kier molecular flexibility index (Phi) is 7.94. The number of nitrogens with zero attached hydrogens (tertiary/aromatic N) is 5. The zero-order valence-electron chi connectivity index (χ0n) is 20.9. The fourth-order valence-electron chi connectivity index (χ4n) is 6.60. The smallest absolute Gasteiger partial charge is 0.0873 e. The van der Waals surface area contributed by atoms with Crippen molar-refractivity contribution in [1.29, 1.82) is 10.5 Å². The molecule has 2 aromatic rings. The van der Waals surface area contributed by atoms with Crippen LogP contribution in [0.15, 0.2) is 81.8 Å². The Bertz CT molecular complexity index is 1340. The minimum atomic E-state index is -0.486. The summed E-state index contributed by atoms with van der Waals surface area (Å²) in [6.45, 7) is 4.46. The van der Waals surface area contributed by atoms with E-state index in [4.69, 9.17) is 11.6 Å². The summed E-state index contributed by atoms with van der Waals surface area (Å²) < 4.78 is 1.86. The molecule has 194 valence electrons. The van der Waals surface area contributed by atoms with Gasteiger partial charge in [-0.05, 0) is 99.1 Å². The molecule has 4 bridgehead atoms. The monoisotopic (exact) mass is 651 g/mol. The SMILES string of the molecule is C=C(Cl)CN1[C@@H]2C=C[C@H]1CC(C#N)(c1cncc(Br)c1)C2.N#CC1(c2cncc(Br)c2)C[C@@H]2C=C[C@@H](C2)C1. The van der Waals surface area contributed by atoms with Gasteiger partial charge in [0, 0.05) is 57.4 Å². The second kappa shape index (κ2) is 11.1. The maximum absolute atomic E-state index is 9.83. The number of piperidine rings is 1. The lowest BCUT2D eigenvalue weighted by Gasteiger charge is -2.43. The molecule has 5 nitrogen and oxygen atoms in total. The summed E-state index contributed by atoms with van der Waals surface area (Å²) in [4.78, 5) is 10.7. The number of hydrogen-bond acceptors (Lipinski definition) is 5. The van der Waals surface area contributed by atoms with Crippen LogP contribution in [0.2, 0.25) is 0 Å². The highest BCUT2D eigenvalue weighted by Crippen LogP contribution is 2.48. The van der Waals surface area contributed by atoms with Crippen LogP contribution in [-0.2, 0) is 10.8 Å². The maximum Gasteiger partial charge on any atom is 0.0873 e. The van der Waals surface area contributed by atoms with Crippen molar-refractivity contribution in [2.24, 2.45) is 11.8 Å². The summed E-state index contributed by atoms with van der Waals surface area (Å²) in [5.74, 6) is 1.15. The molecule has 2 fully saturated rings. The average molecular weight is 654 g/mol. The van der Waals surface area contributed by atoms with Gasteiger partial charge < -0.3 is 0 Å². The molecule has 0 spiro atoms. The normalized spacial score (nSPS) is 32.7. The Hall–Kier alpha value is -2.29. The minimum absolute atomic E-state index is 0.234. The largest absolute Gasteiger partial charge is 0.285 e. The lowest BCUT2D eigenvalue weighted by Crippen LogP contribution is -2.50. The molecule has 0 amide bonds. The summed E-state index contributed by atoms with van der Waals surface area (Å²) in [6, 6.07) is 9.63. The van der Waals surface area contributed by atoms with Crippen LogP contribution in [0.1, 0.15) is 43.2 Å². The van der Waals surface area contributed by atoms with Crippen molar-refractivity contribution in [3.8, 4) is 12.1 Å². The average Bonchev–Trinajstić information content (AvgIpc) is 3.36. The van der Waals surface area contributed by atoms with E-state index in [-0.39, 0.29) is 17.5 Å². The van der Waals surface area contributed by atoms with Gasteiger partial charge in [-0.15, -0.1) is 0 Å². The van der Waals surface area contributed by atoms with Crippen LogP contribution in [0.4, 0.5) is 0 Å². The van der Waals surface area contributed by atoms with E-state index < -0.39 is 5.41 Å². The fraction of sp³-hybridized carbons (Fsp3) is 0.400. The second-order valence-electron chi connectivity index (χ2n) is 10.8. The summed E-state index contributed by atoms with van der Waals surface area (Å²) in [5, 5.41) is 20.1. The standard InChI is InChI=1S/C16H15BrClN3.C14H13BrN2/c1-11(18)9-21-14-2-3-15(21)6-16(5-14,10-19)12-4-13(17)8-20-7-12;15-13-4-12(7-17-8-13)14(9-16)5-10-1-2-11(3-10)6-14/h2-4,7-8,14-15H,1,5-6,9H2;1-2,4,7-8,10-11H,3,5-6H2/t14-,15+,16?;10-,11+,14?. The third-order valence-electron chi connectivity index (χ3n) is 8.30. The Morgan fingerprint density at radius 3 is 1.76 bits per heavy atom. The number of fused-ring (bicyclic) bond motifs is 4. The number of pyridine rings is 2. The molecule has 0 aromatic carbocycles. The van der Waals surface area contributed by atoms with E-state index in [1.54, 1.807) is 12.4 Å². The molecule has 2 aliphatic heterocycles. The third kappa shape index (κ3) is 5.40. The maximum atomic E-state index is 9.83. The molecule has 0 N–H and O–H groups in total. The van der Waals surface area contributed by atoms with E-state index in [0.29, 0.717) is 23.4 Å². The topological polar surface area (TPSA) is 76.6 Å². The molecule has 8 heteroatoms. The molecule has 2 aromatic heterocycles. The quantitative estimate of drug-likeness (QED) is 0.323. The van der Waals surface area contributed by atoms with Crippen LogP contribution in [0, 0.1) is 34.5 Å². The summed E-state index contributed by atoms with van der Waals surface area (Å²) >= 11 is 12.9. The Balaban J connectivity index is 0.000000158. The Morgan fingerprint density at radius 2 is 1.34 bits per heavy atom. The summed E-state index contributed by atoms with van der Waals surface area (Å²) in [7, 11) is 0. The van der Waals surface area contributed by atoms with E-state index in [1.165, 1.54) is 6.42 Å². The van der Waals surface area contributed by atoms with E-state index >= 15 is 0 Å². The van der Waals surface area contributed by atoms with Gasteiger partial charge in [-0.3, -0.25) is 14.9 Å². The Morgan fingerprint density at radius 1 is 0.868 bits per heavy atom. The van der Waals surface area contributed by atoms with Crippen molar-refractivity contribution in [2.45, 2.75) is 55.0 Å². The predicted molar refractivity (Wildman–Crippen MR) is 156 cm³/mol. The van der Waals surface area contributed by atoms with Crippen molar-refractivity contribution < 1.29 is 0 Å². The number of nitriles is 2. The first-order valence-corrected chi connectivity index (χ1v) is 14.7. The molecule has 4 heterocycles. The van der Waals surface area contributed by atoms with Gasteiger partial charge >= 0.3 is 0 Å². The van der Waals surface area contributed by atoms with Gasteiger partial charge in [0.1, 0.15) is 0 Å². The van der Waals surface area contributed by atoms with E-state index in [1.807, 2.05) is 24.5 Å². The van der Waals surface area contributed by atoms with Crippen LogP contribution in [0.25, 0.3) is 0 Å². The molecule has 2 aliphatic carbocycles. The lowest BCUT2D eigenvalue weighted by atomic mass is 9.66. The highest BCUT2D eigenvalue weighted by molar-refractivity contribution is 9.10. The number of allylic oxidation sites excluding steroid dienone is 2. The zero-order valence-corrected chi connectivity index (χ0v) is 24.8. The molecule has 38 heavy (non-hydrogen) atoms. The zero-order chi connectivity index (χ0) is 26.9. The first kappa shape index (κ1) is 27.3. The van der Waals surface area contributed by atoms with Gasteiger partial charge in [-0.25, -0.2) is 0 Å². The van der Waals surface area contributed by atoms with Crippen LogP contribution in [0.5, 0.6) is 0 Å². The summed E-state index contributed by atoms with van der Waals surface area (Å²) in [6.07, 6.45) is 20.8. The molecular formula is C30H28Br2ClN5. The third-order valence-corrected chi connectivity index (χ3v) is 9.29. The van der Waals surface area contributed by atoms with Crippen LogP contribution in [0.3, 0.4) is 0 Å². The van der Waals surface area contributed by atoms with E-state index in [0.717, 1.165) is 45.8 Å². The number of hydrogen-bond donors (Lipinski definition) is 0. The van der Waals surface area contributed by atoms with Crippen molar-refractivity contribution >= 4 is 43.5 Å². The molecule has 2 unspecified atom stereocenters. The number of rotatable bonds is 4. The van der Waals surface area contributed by atoms with Crippen LogP contribution in [-0.4, -0.2) is 33.5 Å². The van der Waals surface area contributed by atoms with Gasteiger partial charge in [0.25, 0.3) is 0 Å². The first-order chi connectivity index (χ1) is 18.3. The second-order valence-corrected chi connectivity index (χ2v) is 13.2. The number of halogens is 3. The molecule has 1 saturated heterocycles. The van der Waals surface area contributed by atoms with E-state index in [9.17, 15) is 10.5 Å². The molecule has 1 saturated carbocycles. The Labute approximate surface area is 246 Å². The molecule has 0 radical (unpaired) electrons. The van der Waals surface area contributed by atoms with Crippen molar-refractivity contribution in [2.75, 3.05) is 6.54 Å². The summed E-state index contributed by atoms with van der Waals surface area (Å²) in [5.41, 5.74) is 1.23. The van der Waals surface area contributed by atoms with E-state index in [2.05, 4.69) is 89.7 Å². The lowest BCUT2D eigenvalue weighted by molar-refractivity contribution is 0.132. The van der Waals surface area contributed by atoms with Gasteiger partial charge in [0.15, 0.2) is 0 Å². The van der Waals surface area contributed by atoms with Crippen molar-refractivity contribution in [1.82, 2.24) is 14.9 Å². The highest BCUT2D eigenvalue weighted by Gasteiger charge is 2.47. The minimum Gasteiger partial charge on any atom is -0.285 e. The highest BCUT2D eigenvalue weighted by atomic mass is 79.9. The van der Waals surface area contributed by atoms with Crippen LogP contribution >= 0.6 is 43.5 Å². The molecule has 6 rings (SSSR count). The first-order valence-electron chi connectivity index (χ1n) is 12.8. The number of aromatic nitrogens is 2. The van der Waals surface area contributed by atoms with Gasteiger partial charge in [0.2, 0.25) is 0 Å². The van der Waals surface area contributed by atoms with Crippen molar-refractivity contribution in [3.63, 3.8) is 0 Å². The van der Waals surface area contributed by atoms with Gasteiger partial charge in [-0.1, -0.05) is 42.5 Å². The fourth-order valence-corrected chi connectivity index (χ4v) is 7.46. The van der Waals surface area contributed by atoms with Gasteiger partial charge in [0.05, 0.1) is 23.0 Å². The van der Waals surface area contributed by atoms with Gasteiger partial charge in [-0.2, -0.15) is 10.5 Å². The predicted octanol–water partition coefficient (Wildman–Crippen LogP) is 7.35. The van der Waals surface area contributed by atoms with Crippen molar-refractivity contribution in [3.05, 3.63) is 92.9 Å². The molecule has 4 aliphatic rings. The molecular weight excluding hydrogens is 626 g/mol. The molecule has 6 atom stereocenters. The van der Waals surface area contributed by atoms with Crippen LogP contribution < -0.4 is 0 Å².